The minimum atomic E-state index is -0.867. The van der Waals surface area contributed by atoms with Crippen LogP contribution in [0.15, 0.2) is 48.5 Å². The van der Waals surface area contributed by atoms with Crippen molar-refractivity contribution in [2.75, 3.05) is 12.4 Å². The van der Waals surface area contributed by atoms with E-state index in [1.165, 1.54) is 12.1 Å². The Balaban J connectivity index is 1.88. The third-order valence-electron chi connectivity index (χ3n) is 3.99. The number of anilines is 1. The zero-order chi connectivity index (χ0) is 19.8. The van der Waals surface area contributed by atoms with E-state index in [4.69, 9.17) is 17.3 Å². The molecule has 8 heteroatoms. The van der Waals surface area contributed by atoms with Gasteiger partial charge in [0.05, 0.1) is 17.1 Å². The van der Waals surface area contributed by atoms with E-state index in [1.54, 1.807) is 7.05 Å². The Morgan fingerprint density at radius 1 is 1.15 bits per heavy atom. The molecule has 0 saturated heterocycles. The van der Waals surface area contributed by atoms with Gasteiger partial charge in [-0.3, -0.25) is 9.59 Å². The third kappa shape index (κ3) is 6.32. The smallest absolute Gasteiger partial charge is 0.241 e. The second-order valence-electron chi connectivity index (χ2n) is 6.00. The fourth-order valence-electron chi connectivity index (χ4n) is 2.44. The molecule has 144 valence electrons. The van der Waals surface area contributed by atoms with Crippen molar-refractivity contribution in [1.82, 2.24) is 10.6 Å². The molecule has 0 heterocycles. The van der Waals surface area contributed by atoms with Gasteiger partial charge in [-0.1, -0.05) is 41.9 Å². The highest BCUT2D eigenvalue weighted by Gasteiger charge is 2.24. The zero-order valence-corrected chi connectivity index (χ0v) is 15.6. The molecular formula is C19H22ClFN4O2. The van der Waals surface area contributed by atoms with Gasteiger partial charge in [-0.15, -0.1) is 0 Å². The maximum atomic E-state index is 13.2. The second-order valence-corrected chi connectivity index (χ2v) is 6.41. The van der Waals surface area contributed by atoms with Crippen LogP contribution in [0.2, 0.25) is 5.02 Å². The number of nitrogens with two attached hydrogens (primary N) is 1. The van der Waals surface area contributed by atoms with Crippen LogP contribution >= 0.6 is 11.6 Å². The highest BCUT2D eigenvalue weighted by atomic mass is 35.5. The molecule has 0 aliphatic heterocycles. The van der Waals surface area contributed by atoms with Crippen LogP contribution in [0.3, 0.4) is 0 Å². The first-order valence-corrected chi connectivity index (χ1v) is 8.79. The van der Waals surface area contributed by atoms with E-state index in [0.717, 1.165) is 11.6 Å². The van der Waals surface area contributed by atoms with Crippen LogP contribution in [0, 0.1) is 5.82 Å². The molecule has 2 amide bonds. The molecule has 27 heavy (non-hydrogen) atoms. The van der Waals surface area contributed by atoms with Gasteiger partial charge in [-0.25, -0.2) is 4.39 Å². The third-order valence-corrected chi connectivity index (χ3v) is 4.28. The molecule has 2 rings (SSSR count). The molecule has 0 bridgehead atoms. The Labute approximate surface area is 162 Å². The first-order chi connectivity index (χ1) is 12.9. The normalized spacial score (nSPS) is 12.9. The van der Waals surface area contributed by atoms with Crippen molar-refractivity contribution < 1.29 is 14.0 Å². The molecular weight excluding hydrogens is 371 g/mol. The summed E-state index contributed by atoms with van der Waals surface area (Å²) in [7, 11) is 1.59. The average molecular weight is 393 g/mol. The zero-order valence-electron chi connectivity index (χ0n) is 14.8. The van der Waals surface area contributed by atoms with E-state index >= 15 is 0 Å². The van der Waals surface area contributed by atoms with Crippen molar-refractivity contribution in [1.29, 1.82) is 0 Å². The number of rotatable bonds is 8. The lowest BCUT2D eigenvalue weighted by molar-refractivity contribution is -0.123. The van der Waals surface area contributed by atoms with Gasteiger partial charge in [0, 0.05) is 12.2 Å². The minimum absolute atomic E-state index is 0.0919. The van der Waals surface area contributed by atoms with Crippen molar-refractivity contribution >= 4 is 29.1 Å². The van der Waals surface area contributed by atoms with Crippen LogP contribution in [-0.4, -0.2) is 30.9 Å². The van der Waals surface area contributed by atoms with Gasteiger partial charge in [0.1, 0.15) is 5.82 Å². The molecule has 0 spiro atoms. The van der Waals surface area contributed by atoms with Crippen LogP contribution in [0.1, 0.15) is 12.0 Å². The van der Waals surface area contributed by atoms with Crippen molar-refractivity contribution in [2.45, 2.75) is 25.0 Å². The predicted octanol–water partition coefficient (Wildman–Crippen LogP) is 2.04. The molecule has 0 aliphatic carbocycles. The molecule has 0 radical (unpaired) electrons. The summed E-state index contributed by atoms with van der Waals surface area (Å²) in [6.07, 6.45) is 0.0951. The van der Waals surface area contributed by atoms with Gasteiger partial charge in [0.15, 0.2) is 0 Å². The van der Waals surface area contributed by atoms with E-state index in [-0.39, 0.29) is 17.4 Å². The largest absolute Gasteiger partial charge is 0.351 e. The molecule has 0 saturated carbocycles. The fraction of sp³-hybridized carbons (Fsp3) is 0.263. The Kier molecular flexibility index (Phi) is 7.72. The number of benzene rings is 2. The van der Waals surface area contributed by atoms with Crippen molar-refractivity contribution in [2.24, 2.45) is 5.73 Å². The summed E-state index contributed by atoms with van der Waals surface area (Å²) in [5.74, 6) is -1.32. The van der Waals surface area contributed by atoms with Crippen molar-refractivity contribution in [3.63, 3.8) is 0 Å². The Morgan fingerprint density at radius 2 is 1.85 bits per heavy atom. The quantitative estimate of drug-likeness (QED) is 0.552. The van der Waals surface area contributed by atoms with Gasteiger partial charge in [0.2, 0.25) is 11.8 Å². The van der Waals surface area contributed by atoms with Gasteiger partial charge in [-0.05, 0) is 37.2 Å². The van der Waals surface area contributed by atoms with Gasteiger partial charge in [0.25, 0.3) is 0 Å². The first-order valence-electron chi connectivity index (χ1n) is 8.41. The second kappa shape index (κ2) is 10.0. The summed E-state index contributed by atoms with van der Waals surface area (Å²) in [6.45, 7) is 0.359. The summed E-state index contributed by atoms with van der Waals surface area (Å²) >= 11 is 5.71. The number of nitrogens with one attached hydrogen (secondary N) is 3. The summed E-state index contributed by atoms with van der Waals surface area (Å²) in [5, 5.41) is 8.11. The Bertz CT molecular complexity index is 789. The van der Waals surface area contributed by atoms with Crippen LogP contribution < -0.4 is 21.7 Å². The SMILES string of the molecule is CNC(CC(N)C(=O)NCc1ccccc1)C(=O)Nc1ccc(F)c(Cl)c1. The summed E-state index contributed by atoms with van der Waals surface area (Å²) in [6, 6.07) is 11.7. The standard InChI is InChI=1S/C19H22ClFN4O2/c1-23-17(19(27)25-13-7-8-15(21)14(20)9-13)10-16(22)18(26)24-11-12-5-3-2-4-6-12/h2-9,16-17,23H,10-11,22H2,1H3,(H,24,26)(H,25,27). The summed E-state index contributed by atoms with van der Waals surface area (Å²) in [5.41, 5.74) is 7.24. The maximum Gasteiger partial charge on any atom is 0.241 e. The van der Waals surface area contributed by atoms with Gasteiger partial charge >= 0.3 is 0 Å². The number of hydrogen-bond acceptors (Lipinski definition) is 4. The summed E-state index contributed by atoms with van der Waals surface area (Å²) in [4.78, 5) is 24.6. The number of carbonyl (C=O) groups is 2. The number of hydrogen-bond donors (Lipinski definition) is 4. The van der Waals surface area contributed by atoms with Gasteiger partial charge in [-0.2, -0.15) is 0 Å². The lowest BCUT2D eigenvalue weighted by Gasteiger charge is -2.20. The van der Waals surface area contributed by atoms with Crippen LogP contribution in [0.4, 0.5) is 10.1 Å². The molecule has 2 aromatic carbocycles. The molecule has 0 aromatic heterocycles. The lowest BCUT2D eigenvalue weighted by atomic mass is 10.1. The van der Waals surface area contributed by atoms with Crippen molar-refractivity contribution in [3.05, 3.63) is 64.9 Å². The molecule has 2 aromatic rings. The molecule has 5 N–H and O–H groups in total. The van der Waals surface area contributed by atoms with E-state index in [0.29, 0.717) is 12.2 Å². The average Bonchev–Trinajstić information content (AvgIpc) is 2.67. The fourth-order valence-corrected chi connectivity index (χ4v) is 2.62. The van der Waals surface area contributed by atoms with Gasteiger partial charge < -0.3 is 21.7 Å². The Morgan fingerprint density at radius 3 is 2.48 bits per heavy atom. The number of likely N-dealkylation sites (N-methyl/N-ethyl adjacent to an activating group) is 1. The lowest BCUT2D eigenvalue weighted by Crippen LogP contribution is -2.48. The Hall–Kier alpha value is -2.48. The monoisotopic (exact) mass is 392 g/mol. The molecule has 6 nitrogen and oxygen atoms in total. The highest BCUT2D eigenvalue weighted by molar-refractivity contribution is 6.31. The number of carbonyl (C=O) groups excluding carboxylic acids is 2. The van der Waals surface area contributed by atoms with Crippen LogP contribution in [-0.2, 0) is 16.1 Å². The summed E-state index contributed by atoms with van der Waals surface area (Å²) < 4.78 is 13.2. The predicted molar refractivity (Wildman–Crippen MR) is 104 cm³/mol. The minimum Gasteiger partial charge on any atom is -0.351 e. The van der Waals surface area contributed by atoms with Crippen LogP contribution in [0.25, 0.3) is 0 Å². The number of halogens is 2. The molecule has 2 unspecified atom stereocenters. The molecule has 0 fully saturated rings. The van der Waals surface area contributed by atoms with E-state index in [1.807, 2.05) is 30.3 Å². The van der Waals surface area contributed by atoms with E-state index < -0.39 is 23.8 Å². The topological polar surface area (TPSA) is 96.2 Å². The molecule has 2 atom stereocenters. The van der Waals surface area contributed by atoms with E-state index in [2.05, 4.69) is 16.0 Å². The molecule has 0 aliphatic rings. The number of amides is 2. The van der Waals surface area contributed by atoms with Crippen LogP contribution in [0.5, 0.6) is 0 Å². The first kappa shape index (κ1) is 20.8. The maximum absolute atomic E-state index is 13.2. The highest BCUT2D eigenvalue weighted by Crippen LogP contribution is 2.19. The van der Waals surface area contributed by atoms with Crippen molar-refractivity contribution in [3.8, 4) is 0 Å². The van der Waals surface area contributed by atoms with E-state index in [9.17, 15) is 14.0 Å².